The monoisotopic (exact) mass is 704 g/mol. The van der Waals surface area contributed by atoms with Crippen LogP contribution in [-0.4, -0.2) is 43.3 Å². The van der Waals surface area contributed by atoms with E-state index in [1.807, 2.05) is 24.3 Å². The van der Waals surface area contributed by atoms with Gasteiger partial charge in [0.25, 0.3) is 11.8 Å². The van der Waals surface area contributed by atoms with Crippen LogP contribution in [0.2, 0.25) is 5.02 Å². The van der Waals surface area contributed by atoms with Crippen LogP contribution in [0.15, 0.2) is 120 Å². The van der Waals surface area contributed by atoms with Crippen LogP contribution in [0.4, 0.5) is 20.2 Å². The molecule has 6 aromatic rings. The SMILES string of the molecule is COc1ccc(S(=O)(=O)C(F)F)cc1NC(=O)c1cc2ccccc2cc1O.O=C(Nc1ccc(Cl)cc1)c1cc2ccccc2cc1O. The van der Waals surface area contributed by atoms with E-state index in [2.05, 4.69) is 10.6 Å². The summed E-state index contributed by atoms with van der Waals surface area (Å²) in [5, 5.41) is 29.1. The first-order chi connectivity index (χ1) is 23.4. The van der Waals surface area contributed by atoms with Crippen LogP contribution in [0.25, 0.3) is 21.5 Å². The van der Waals surface area contributed by atoms with Crippen molar-refractivity contribution in [2.24, 2.45) is 0 Å². The summed E-state index contributed by atoms with van der Waals surface area (Å²) in [5.74, 6) is -4.98. The number of methoxy groups -OCH3 is 1. The number of phenolic OH excluding ortho intramolecular Hbond substituents is 2. The van der Waals surface area contributed by atoms with Crippen LogP contribution >= 0.6 is 11.6 Å². The van der Waals surface area contributed by atoms with Crippen LogP contribution in [-0.2, 0) is 9.84 Å². The molecule has 6 aromatic carbocycles. The number of carbonyl (C=O) groups is 2. The molecule has 0 saturated carbocycles. The number of rotatable bonds is 7. The molecule has 4 N–H and O–H groups in total. The molecule has 2 amide bonds. The Morgan fingerprint density at radius 3 is 1.63 bits per heavy atom. The van der Waals surface area contributed by atoms with Crippen molar-refractivity contribution in [3.8, 4) is 17.2 Å². The maximum absolute atomic E-state index is 12.8. The minimum atomic E-state index is -4.85. The molecule has 0 heterocycles. The Kier molecular flexibility index (Phi) is 10.3. The predicted molar refractivity (Wildman–Crippen MR) is 185 cm³/mol. The molecule has 0 aliphatic rings. The van der Waals surface area contributed by atoms with Crippen LogP contribution in [0.5, 0.6) is 17.2 Å². The maximum Gasteiger partial charge on any atom is 0.341 e. The second kappa shape index (κ2) is 14.6. The van der Waals surface area contributed by atoms with Gasteiger partial charge in [0.15, 0.2) is 0 Å². The minimum absolute atomic E-state index is 0.0415. The fourth-order valence-electron chi connectivity index (χ4n) is 4.81. The van der Waals surface area contributed by atoms with Crippen LogP contribution in [0.3, 0.4) is 0 Å². The summed E-state index contributed by atoms with van der Waals surface area (Å²) in [4.78, 5) is 24.2. The summed E-state index contributed by atoms with van der Waals surface area (Å²) in [5.41, 5.74) is 0.672. The molecule has 13 heteroatoms. The molecule has 49 heavy (non-hydrogen) atoms. The number of halogens is 3. The van der Waals surface area contributed by atoms with Crippen LogP contribution < -0.4 is 15.4 Å². The highest BCUT2D eigenvalue weighted by molar-refractivity contribution is 7.91. The van der Waals surface area contributed by atoms with E-state index in [4.69, 9.17) is 16.3 Å². The Morgan fingerprint density at radius 1 is 0.694 bits per heavy atom. The number of anilines is 2. The first kappa shape index (κ1) is 34.6. The Morgan fingerprint density at radius 2 is 1.16 bits per heavy atom. The fourth-order valence-corrected chi connectivity index (χ4v) is 5.68. The molecule has 0 unspecified atom stereocenters. The molecule has 0 atom stereocenters. The summed E-state index contributed by atoms with van der Waals surface area (Å²) >= 11 is 5.80. The van der Waals surface area contributed by atoms with Crippen molar-refractivity contribution in [3.63, 3.8) is 0 Å². The number of carbonyl (C=O) groups excluding carboxylic acids is 2. The number of fused-ring (bicyclic) bond motifs is 2. The van der Waals surface area contributed by atoms with Crippen molar-refractivity contribution >= 4 is 66.2 Å². The molecule has 6 rings (SSSR count). The van der Waals surface area contributed by atoms with Gasteiger partial charge in [-0.15, -0.1) is 0 Å². The minimum Gasteiger partial charge on any atom is -0.507 e. The molecular formula is C36H27ClF2N2O7S. The summed E-state index contributed by atoms with van der Waals surface area (Å²) in [6.07, 6.45) is 0. The second-order valence-corrected chi connectivity index (χ2v) is 12.9. The van der Waals surface area contributed by atoms with E-state index in [1.54, 1.807) is 60.7 Å². The lowest BCUT2D eigenvalue weighted by atomic mass is 10.1. The van der Waals surface area contributed by atoms with E-state index in [0.717, 1.165) is 34.4 Å². The van der Waals surface area contributed by atoms with Crippen molar-refractivity contribution in [2.45, 2.75) is 10.7 Å². The highest BCUT2D eigenvalue weighted by Gasteiger charge is 2.28. The van der Waals surface area contributed by atoms with Crippen molar-refractivity contribution < 1.29 is 41.7 Å². The average Bonchev–Trinajstić information content (AvgIpc) is 3.08. The summed E-state index contributed by atoms with van der Waals surface area (Å²) in [6, 6.07) is 30.6. The molecule has 250 valence electrons. The molecule has 0 radical (unpaired) electrons. The Labute approximate surface area is 284 Å². The molecule has 0 spiro atoms. The lowest BCUT2D eigenvalue weighted by molar-refractivity contribution is 0.101. The van der Waals surface area contributed by atoms with E-state index < -0.39 is 26.4 Å². The second-order valence-electron chi connectivity index (χ2n) is 10.5. The van der Waals surface area contributed by atoms with Gasteiger partial charge in [-0.1, -0.05) is 60.1 Å². The molecule has 0 fully saturated rings. The van der Waals surface area contributed by atoms with Gasteiger partial charge < -0.3 is 25.6 Å². The summed E-state index contributed by atoms with van der Waals surface area (Å²) in [6.45, 7) is 0. The lowest BCUT2D eigenvalue weighted by Gasteiger charge is -2.13. The Bertz CT molecular complexity index is 2300. The number of ether oxygens (including phenoxy) is 1. The van der Waals surface area contributed by atoms with Gasteiger partial charge in [-0.05, 0) is 88.3 Å². The standard InChI is InChI=1S/C19H15F2NO5S.C17H12ClNO2/c1-27-17-7-6-13(28(25,26)19(20)21)10-15(17)22-18(24)14-8-11-4-2-3-5-12(11)9-16(14)23;18-13-5-7-14(8-6-13)19-17(21)15-9-11-3-1-2-4-12(11)10-16(15)20/h2-10,19,23H,1H3,(H,22,24);1-10,20H,(H,19,21). The van der Waals surface area contributed by atoms with Crippen molar-refractivity contribution in [1.82, 2.24) is 0 Å². The quantitative estimate of drug-likeness (QED) is 0.131. The number of aromatic hydroxyl groups is 2. The van der Waals surface area contributed by atoms with Crippen molar-refractivity contribution in [1.29, 1.82) is 0 Å². The number of amides is 2. The summed E-state index contributed by atoms with van der Waals surface area (Å²) in [7, 11) is -3.57. The zero-order chi connectivity index (χ0) is 35.3. The molecule has 0 aromatic heterocycles. The highest BCUT2D eigenvalue weighted by atomic mass is 35.5. The Balaban J connectivity index is 0.000000199. The fraction of sp³-hybridized carbons (Fsp3) is 0.0556. The van der Waals surface area contributed by atoms with E-state index in [1.165, 1.54) is 19.2 Å². The van der Waals surface area contributed by atoms with Gasteiger partial charge in [0.2, 0.25) is 9.84 Å². The third-order valence-electron chi connectivity index (χ3n) is 7.30. The van der Waals surface area contributed by atoms with Gasteiger partial charge in [-0.3, -0.25) is 9.59 Å². The van der Waals surface area contributed by atoms with E-state index in [0.29, 0.717) is 16.1 Å². The number of alkyl halides is 2. The number of sulfone groups is 1. The number of phenols is 2. The smallest absolute Gasteiger partial charge is 0.341 e. The van der Waals surface area contributed by atoms with Crippen LogP contribution in [0, 0.1) is 0 Å². The zero-order valence-electron chi connectivity index (χ0n) is 25.5. The van der Waals surface area contributed by atoms with E-state index in [9.17, 15) is 37.0 Å². The van der Waals surface area contributed by atoms with E-state index in [-0.39, 0.29) is 40.0 Å². The van der Waals surface area contributed by atoms with Gasteiger partial charge >= 0.3 is 5.76 Å². The molecule has 0 bridgehead atoms. The largest absolute Gasteiger partial charge is 0.507 e. The number of benzene rings is 6. The lowest BCUT2D eigenvalue weighted by Crippen LogP contribution is -2.15. The van der Waals surface area contributed by atoms with Crippen LogP contribution in [0.1, 0.15) is 20.7 Å². The first-order valence-electron chi connectivity index (χ1n) is 14.4. The maximum atomic E-state index is 12.8. The molecule has 0 aliphatic heterocycles. The topological polar surface area (TPSA) is 142 Å². The third-order valence-corrected chi connectivity index (χ3v) is 8.93. The molecule has 0 saturated heterocycles. The van der Waals surface area contributed by atoms with Crippen molar-refractivity contribution in [2.75, 3.05) is 17.7 Å². The van der Waals surface area contributed by atoms with E-state index >= 15 is 0 Å². The van der Waals surface area contributed by atoms with Crippen molar-refractivity contribution in [3.05, 3.63) is 131 Å². The molecular weight excluding hydrogens is 678 g/mol. The molecule has 9 nitrogen and oxygen atoms in total. The normalized spacial score (nSPS) is 11.1. The number of hydrogen-bond donors (Lipinski definition) is 4. The predicted octanol–water partition coefficient (Wildman–Crippen LogP) is 8.25. The van der Waals surface area contributed by atoms with Gasteiger partial charge in [-0.25, -0.2) is 8.42 Å². The number of nitrogens with one attached hydrogen (secondary N) is 2. The first-order valence-corrected chi connectivity index (χ1v) is 16.3. The highest BCUT2D eigenvalue weighted by Crippen LogP contribution is 2.32. The molecule has 0 aliphatic carbocycles. The summed E-state index contributed by atoms with van der Waals surface area (Å²) < 4.78 is 54.0. The van der Waals surface area contributed by atoms with Gasteiger partial charge in [0, 0.05) is 10.7 Å². The average molecular weight is 705 g/mol. The third kappa shape index (κ3) is 7.88. The Hall–Kier alpha value is -5.72. The van der Waals surface area contributed by atoms with Gasteiger partial charge in [-0.2, -0.15) is 8.78 Å². The van der Waals surface area contributed by atoms with Gasteiger partial charge in [0.1, 0.15) is 17.2 Å². The number of hydrogen-bond acceptors (Lipinski definition) is 7. The zero-order valence-corrected chi connectivity index (χ0v) is 27.1. The van der Waals surface area contributed by atoms with Gasteiger partial charge in [0.05, 0.1) is 28.8 Å².